The smallest absolute Gasteiger partial charge is 0.339 e. The minimum atomic E-state index is -0.463. The highest BCUT2D eigenvalue weighted by Crippen LogP contribution is 2.15. The molecule has 0 spiro atoms. The Kier molecular flexibility index (Phi) is 4.33. The molecular weight excluding hydrogens is 268 g/mol. The van der Waals surface area contributed by atoms with Crippen molar-refractivity contribution < 1.29 is 14.3 Å². The first-order chi connectivity index (χ1) is 10.0. The van der Waals surface area contributed by atoms with Crippen LogP contribution >= 0.6 is 0 Å². The van der Waals surface area contributed by atoms with Crippen molar-refractivity contribution in [3.63, 3.8) is 0 Å². The lowest BCUT2D eigenvalue weighted by molar-refractivity contribution is 0.0600. The van der Waals surface area contributed by atoms with Crippen molar-refractivity contribution in [3.05, 3.63) is 58.8 Å². The van der Waals surface area contributed by atoms with Crippen molar-refractivity contribution in [1.29, 1.82) is 0 Å². The molecule has 5 nitrogen and oxygen atoms in total. The molecule has 1 amide bonds. The summed E-state index contributed by atoms with van der Waals surface area (Å²) in [4.78, 5) is 27.6. The third-order valence-electron chi connectivity index (χ3n) is 3.28. The summed E-state index contributed by atoms with van der Waals surface area (Å²) in [7, 11) is 1.30. The maximum absolute atomic E-state index is 12.2. The number of carbonyl (C=O) groups excluding carboxylic acids is 2. The van der Waals surface area contributed by atoms with E-state index in [1.54, 1.807) is 18.2 Å². The van der Waals surface area contributed by atoms with Gasteiger partial charge in [-0.2, -0.15) is 0 Å². The van der Waals surface area contributed by atoms with Crippen LogP contribution in [0.25, 0.3) is 0 Å². The number of aryl methyl sites for hydroxylation is 1. The van der Waals surface area contributed by atoms with Gasteiger partial charge in [0.1, 0.15) is 5.82 Å². The number of hydrogen-bond donors (Lipinski definition) is 1. The molecule has 0 radical (unpaired) electrons. The van der Waals surface area contributed by atoms with Crippen LogP contribution in [0.2, 0.25) is 0 Å². The number of hydrogen-bond acceptors (Lipinski definition) is 4. The summed E-state index contributed by atoms with van der Waals surface area (Å²) < 4.78 is 4.59. The fourth-order valence-corrected chi connectivity index (χ4v) is 1.89. The Morgan fingerprint density at radius 2 is 1.90 bits per heavy atom. The van der Waals surface area contributed by atoms with Gasteiger partial charge in [0.05, 0.1) is 12.7 Å². The monoisotopic (exact) mass is 284 g/mol. The zero-order valence-corrected chi connectivity index (χ0v) is 12.1. The fraction of sp³-hybridized carbons (Fsp3) is 0.188. The number of rotatable bonds is 3. The van der Waals surface area contributed by atoms with E-state index in [1.165, 1.54) is 13.3 Å². The van der Waals surface area contributed by atoms with Crippen LogP contribution < -0.4 is 5.32 Å². The number of nitrogens with one attached hydrogen (secondary N) is 1. The van der Waals surface area contributed by atoms with Crippen molar-refractivity contribution in [2.75, 3.05) is 12.4 Å². The number of carbonyl (C=O) groups is 2. The maximum Gasteiger partial charge on any atom is 0.339 e. The van der Waals surface area contributed by atoms with Crippen LogP contribution in [0.15, 0.2) is 36.5 Å². The Hall–Kier alpha value is -2.69. The number of esters is 1. The second kappa shape index (κ2) is 6.17. The number of benzene rings is 1. The van der Waals surface area contributed by atoms with Gasteiger partial charge in [-0.25, -0.2) is 9.78 Å². The van der Waals surface area contributed by atoms with E-state index < -0.39 is 5.97 Å². The summed E-state index contributed by atoms with van der Waals surface area (Å²) in [6.45, 7) is 3.85. The highest BCUT2D eigenvalue weighted by molar-refractivity contribution is 6.05. The van der Waals surface area contributed by atoms with Crippen molar-refractivity contribution in [2.24, 2.45) is 0 Å². The van der Waals surface area contributed by atoms with Gasteiger partial charge in [-0.15, -0.1) is 0 Å². The van der Waals surface area contributed by atoms with E-state index in [0.717, 1.165) is 11.1 Å². The molecule has 1 N–H and O–H groups in total. The van der Waals surface area contributed by atoms with E-state index in [4.69, 9.17) is 0 Å². The van der Waals surface area contributed by atoms with E-state index in [0.29, 0.717) is 16.9 Å². The molecule has 0 atom stereocenters. The van der Waals surface area contributed by atoms with Crippen molar-refractivity contribution in [2.45, 2.75) is 13.8 Å². The second-order valence-electron chi connectivity index (χ2n) is 4.63. The topological polar surface area (TPSA) is 68.3 Å². The predicted octanol–water partition coefficient (Wildman–Crippen LogP) is 2.74. The van der Waals surface area contributed by atoms with E-state index in [2.05, 4.69) is 15.0 Å². The molecular formula is C16H16N2O3. The maximum atomic E-state index is 12.2. The van der Waals surface area contributed by atoms with Gasteiger partial charge in [0, 0.05) is 11.8 Å². The van der Waals surface area contributed by atoms with E-state index in [1.807, 2.05) is 26.0 Å². The Labute approximate surface area is 123 Å². The van der Waals surface area contributed by atoms with Gasteiger partial charge in [0.25, 0.3) is 5.91 Å². The number of nitrogens with zero attached hydrogens (tertiary/aromatic N) is 1. The first kappa shape index (κ1) is 14.7. The van der Waals surface area contributed by atoms with Gasteiger partial charge in [0.15, 0.2) is 0 Å². The van der Waals surface area contributed by atoms with Crippen LogP contribution in [0.1, 0.15) is 31.8 Å². The minimum absolute atomic E-state index is 0.227. The summed E-state index contributed by atoms with van der Waals surface area (Å²) in [5, 5.41) is 2.71. The lowest BCUT2D eigenvalue weighted by atomic mass is 10.0. The molecule has 21 heavy (non-hydrogen) atoms. The lowest BCUT2D eigenvalue weighted by Gasteiger charge is -2.09. The van der Waals surface area contributed by atoms with Crippen molar-refractivity contribution in [1.82, 2.24) is 4.98 Å². The molecule has 0 saturated carbocycles. The zero-order valence-electron chi connectivity index (χ0n) is 12.1. The number of methoxy groups -OCH3 is 1. The fourth-order valence-electron chi connectivity index (χ4n) is 1.89. The van der Waals surface area contributed by atoms with Crippen LogP contribution in [0, 0.1) is 13.8 Å². The van der Waals surface area contributed by atoms with Gasteiger partial charge in [-0.1, -0.05) is 12.1 Å². The van der Waals surface area contributed by atoms with Crippen molar-refractivity contribution in [3.8, 4) is 0 Å². The molecule has 108 valence electrons. The number of ether oxygens (including phenoxy) is 1. The molecule has 0 saturated heterocycles. The summed E-state index contributed by atoms with van der Waals surface area (Å²) in [5.74, 6) is -0.307. The number of amides is 1. The summed E-state index contributed by atoms with van der Waals surface area (Å²) >= 11 is 0. The van der Waals surface area contributed by atoms with Gasteiger partial charge >= 0.3 is 5.97 Å². The Bertz CT molecular complexity index is 678. The number of anilines is 1. The van der Waals surface area contributed by atoms with Gasteiger partial charge in [-0.3, -0.25) is 4.79 Å². The average Bonchev–Trinajstić information content (AvgIpc) is 2.50. The third-order valence-corrected chi connectivity index (χ3v) is 3.28. The zero-order chi connectivity index (χ0) is 15.4. The molecule has 1 aromatic carbocycles. The molecule has 1 heterocycles. The molecule has 2 aromatic rings. The van der Waals surface area contributed by atoms with E-state index in [9.17, 15) is 9.59 Å². The van der Waals surface area contributed by atoms with Crippen LogP contribution in [-0.2, 0) is 4.74 Å². The average molecular weight is 284 g/mol. The first-order valence-electron chi connectivity index (χ1n) is 6.45. The Balaban J connectivity index is 2.16. The summed E-state index contributed by atoms with van der Waals surface area (Å²) in [6.07, 6.45) is 1.37. The van der Waals surface area contributed by atoms with Crippen LogP contribution in [-0.4, -0.2) is 24.0 Å². The normalized spacial score (nSPS) is 10.0. The Morgan fingerprint density at radius 1 is 1.14 bits per heavy atom. The third kappa shape index (κ3) is 3.25. The summed E-state index contributed by atoms with van der Waals surface area (Å²) in [5.41, 5.74) is 2.92. The van der Waals surface area contributed by atoms with Crippen LogP contribution in [0.4, 0.5) is 5.82 Å². The molecule has 0 fully saturated rings. The van der Waals surface area contributed by atoms with E-state index >= 15 is 0 Å². The lowest BCUT2D eigenvalue weighted by Crippen LogP contribution is -2.15. The molecule has 0 aliphatic carbocycles. The van der Waals surface area contributed by atoms with Gasteiger partial charge in [0.2, 0.25) is 0 Å². The summed E-state index contributed by atoms with van der Waals surface area (Å²) in [6, 6.07) is 8.67. The molecule has 1 aromatic heterocycles. The largest absolute Gasteiger partial charge is 0.465 e. The SMILES string of the molecule is COC(=O)c1ccc(NC(=O)c2cccc(C)c2C)nc1. The van der Waals surface area contributed by atoms with Crippen LogP contribution in [0.5, 0.6) is 0 Å². The van der Waals surface area contributed by atoms with Crippen LogP contribution in [0.3, 0.4) is 0 Å². The van der Waals surface area contributed by atoms with Gasteiger partial charge in [-0.05, 0) is 43.2 Å². The number of pyridine rings is 1. The molecule has 0 aliphatic rings. The highest BCUT2D eigenvalue weighted by atomic mass is 16.5. The van der Waals surface area contributed by atoms with Gasteiger partial charge < -0.3 is 10.1 Å². The highest BCUT2D eigenvalue weighted by Gasteiger charge is 2.11. The van der Waals surface area contributed by atoms with E-state index in [-0.39, 0.29) is 5.91 Å². The molecule has 0 aliphatic heterocycles. The first-order valence-corrected chi connectivity index (χ1v) is 6.45. The van der Waals surface area contributed by atoms with Crippen molar-refractivity contribution >= 4 is 17.7 Å². The molecule has 2 rings (SSSR count). The molecule has 0 unspecified atom stereocenters. The second-order valence-corrected chi connectivity index (χ2v) is 4.63. The number of aromatic nitrogens is 1. The molecule has 5 heteroatoms. The standard InChI is InChI=1S/C16H16N2O3/c1-10-5-4-6-13(11(10)2)15(19)18-14-8-7-12(9-17-14)16(20)21-3/h4-9H,1-3H3,(H,17,18,19). The predicted molar refractivity (Wildman–Crippen MR) is 79.4 cm³/mol. The quantitative estimate of drug-likeness (QED) is 0.880. The Morgan fingerprint density at radius 3 is 2.52 bits per heavy atom. The minimum Gasteiger partial charge on any atom is -0.465 e. The molecule has 0 bridgehead atoms.